The van der Waals surface area contributed by atoms with Crippen molar-refractivity contribution in [1.29, 1.82) is 5.41 Å². The summed E-state index contributed by atoms with van der Waals surface area (Å²) < 4.78 is 45.3. The van der Waals surface area contributed by atoms with E-state index < -0.39 is 35.4 Å². The van der Waals surface area contributed by atoms with E-state index in [4.69, 9.17) is 10.1 Å². The molecule has 1 unspecified atom stereocenters. The molecule has 1 rings (SSSR count). The number of aliphatic imine (C=N–C) groups is 1. The highest BCUT2D eigenvalue weighted by atomic mass is 19.3. The van der Waals surface area contributed by atoms with E-state index in [2.05, 4.69) is 16.9 Å². The standard InChI is InChI=1S/C25H28F3N3O3.C2H6.H2/c1-6-10-17(14-22(29)25(4,27)28)24(33)31-21(15-23(32)34-5)20(8-3)30-19(7-2)16-11-9-12-18(26)13-16;1-2;/h6-14,21,29H,3,15H2,1-2,4-5H3,(H,31,33);1-2H3;1H/b10-6+,17-14+,19-7+,29-22?,30-20?;;. The fraction of sp³-hybridized carbons (Fsp3) is 0.333. The van der Waals surface area contributed by atoms with Crippen LogP contribution in [0.25, 0.3) is 5.70 Å². The summed E-state index contributed by atoms with van der Waals surface area (Å²) in [5.41, 5.74) is -0.302. The van der Waals surface area contributed by atoms with E-state index in [9.17, 15) is 22.8 Å². The van der Waals surface area contributed by atoms with Crippen LogP contribution in [0.1, 0.15) is 48.0 Å². The second-order valence-corrected chi connectivity index (χ2v) is 7.13. The SMILES string of the molecule is C=CC(=N/C(=C/C)c1cccc(F)c1)C(CC(=O)OC)NC(=O)C(/C=C/C)=C/C(=N)C(C)(F)F.CC.[HH]. The van der Waals surface area contributed by atoms with Gasteiger partial charge in [-0.05, 0) is 38.1 Å². The fourth-order valence-electron chi connectivity index (χ4n) is 2.72. The first kappa shape index (κ1) is 32.2. The monoisotopic (exact) mass is 507 g/mol. The number of hydrogen-bond acceptors (Lipinski definition) is 5. The molecule has 1 amide bonds. The lowest BCUT2D eigenvalue weighted by molar-refractivity contribution is -0.140. The Morgan fingerprint density at radius 1 is 1.31 bits per heavy atom. The van der Waals surface area contributed by atoms with Gasteiger partial charge in [0, 0.05) is 19.5 Å². The maximum atomic E-state index is 13.7. The Hall–Kier alpha value is -3.75. The molecule has 0 saturated heterocycles. The molecule has 2 N–H and O–H groups in total. The van der Waals surface area contributed by atoms with Crippen LogP contribution in [0.3, 0.4) is 0 Å². The highest BCUT2D eigenvalue weighted by Crippen LogP contribution is 2.19. The molecule has 0 aromatic heterocycles. The molecule has 0 fully saturated rings. The second-order valence-electron chi connectivity index (χ2n) is 7.13. The zero-order valence-electron chi connectivity index (χ0n) is 21.5. The number of halogens is 3. The number of benzene rings is 1. The maximum Gasteiger partial charge on any atom is 0.308 e. The zero-order chi connectivity index (χ0) is 27.9. The van der Waals surface area contributed by atoms with Crippen molar-refractivity contribution >= 4 is 29.0 Å². The Kier molecular flexibility index (Phi) is 14.4. The van der Waals surface area contributed by atoms with Crippen LogP contribution in [0, 0.1) is 11.2 Å². The molecule has 1 atom stereocenters. The number of amides is 1. The molecule has 0 aliphatic carbocycles. The number of nitrogens with one attached hydrogen (secondary N) is 2. The fourth-order valence-corrected chi connectivity index (χ4v) is 2.72. The normalized spacial score (nSPS) is 13.4. The van der Waals surface area contributed by atoms with Gasteiger partial charge in [0.25, 0.3) is 11.8 Å². The molecule has 0 heterocycles. The largest absolute Gasteiger partial charge is 0.469 e. The molecule has 0 aliphatic rings. The number of methoxy groups -OCH3 is 1. The molecule has 0 aliphatic heterocycles. The molecule has 9 heteroatoms. The lowest BCUT2D eigenvalue weighted by atomic mass is 10.0. The quantitative estimate of drug-likeness (QED) is 0.159. The first-order chi connectivity index (χ1) is 17.0. The maximum absolute atomic E-state index is 13.7. The van der Waals surface area contributed by atoms with Crippen LogP contribution in [0.2, 0.25) is 0 Å². The molecule has 0 spiro atoms. The lowest BCUT2D eigenvalue weighted by Gasteiger charge is -2.19. The zero-order valence-corrected chi connectivity index (χ0v) is 21.5. The van der Waals surface area contributed by atoms with Crippen LogP contribution >= 0.6 is 0 Å². The van der Waals surface area contributed by atoms with E-state index in [1.54, 1.807) is 26.0 Å². The van der Waals surface area contributed by atoms with E-state index in [1.165, 1.54) is 43.5 Å². The van der Waals surface area contributed by atoms with Crippen molar-refractivity contribution in [3.05, 3.63) is 78.2 Å². The van der Waals surface area contributed by atoms with Crippen molar-refractivity contribution < 1.29 is 28.9 Å². The number of ether oxygens (including phenoxy) is 1. The molecule has 0 bridgehead atoms. The van der Waals surface area contributed by atoms with Gasteiger partial charge in [-0.25, -0.2) is 4.39 Å². The average molecular weight is 508 g/mol. The van der Waals surface area contributed by atoms with E-state index in [0.717, 1.165) is 6.08 Å². The van der Waals surface area contributed by atoms with Gasteiger partial charge in [-0.1, -0.05) is 50.8 Å². The minimum absolute atomic E-state index is 0. The van der Waals surface area contributed by atoms with Crippen LogP contribution in [-0.4, -0.2) is 42.4 Å². The topological polar surface area (TPSA) is 91.6 Å². The van der Waals surface area contributed by atoms with Crippen LogP contribution in [0.4, 0.5) is 13.2 Å². The number of alkyl halides is 2. The average Bonchev–Trinajstić information content (AvgIpc) is 2.84. The minimum atomic E-state index is -3.45. The molecular formula is C27H36F3N3O3. The van der Waals surface area contributed by atoms with Crippen LogP contribution in [0.5, 0.6) is 0 Å². The molecular weight excluding hydrogens is 471 g/mol. The van der Waals surface area contributed by atoms with Crippen molar-refractivity contribution in [3.63, 3.8) is 0 Å². The number of nitrogens with zero attached hydrogens (tertiary/aromatic N) is 1. The summed E-state index contributed by atoms with van der Waals surface area (Å²) in [5, 5.41) is 10.1. The summed E-state index contributed by atoms with van der Waals surface area (Å²) in [4.78, 5) is 29.3. The summed E-state index contributed by atoms with van der Waals surface area (Å²) in [5.74, 6) is -5.40. The van der Waals surface area contributed by atoms with Gasteiger partial charge < -0.3 is 10.1 Å². The van der Waals surface area contributed by atoms with E-state index in [0.29, 0.717) is 18.2 Å². The Balaban J connectivity index is 0. The Labute approximate surface area is 212 Å². The van der Waals surface area contributed by atoms with E-state index >= 15 is 0 Å². The first-order valence-corrected chi connectivity index (χ1v) is 11.3. The molecule has 0 saturated carbocycles. The summed E-state index contributed by atoms with van der Waals surface area (Å²) in [6.07, 6.45) is 6.06. The summed E-state index contributed by atoms with van der Waals surface area (Å²) in [7, 11) is 1.17. The van der Waals surface area contributed by atoms with Crippen molar-refractivity contribution in [2.45, 2.75) is 53.0 Å². The smallest absolute Gasteiger partial charge is 0.308 e. The van der Waals surface area contributed by atoms with Gasteiger partial charge >= 0.3 is 5.97 Å². The number of allylic oxidation sites excluding steroid dienone is 3. The third kappa shape index (κ3) is 10.7. The highest BCUT2D eigenvalue weighted by molar-refractivity contribution is 6.10. The Morgan fingerprint density at radius 2 is 1.94 bits per heavy atom. The molecule has 198 valence electrons. The number of esters is 1. The van der Waals surface area contributed by atoms with E-state index in [-0.39, 0.29) is 19.1 Å². The van der Waals surface area contributed by atoms with Gasteiger partial charge in [-0.15, -0.1) is 0 Å². The summed E-state index contributed by atoms with van der Waals surface area (Å²) >= 11 is 0. The highest BCUT2D eigenvalue weighted by Gasteiger charge is 2.28. The number of rotatable bonds is 11. The van der Waals surface area contributed by atoms with Gasteiger partial charge in [0.15, 0.2) is 0 Å². The Bertz CT molecular complexity index is 1060. The van der Waals surface area contributed by atoms with Gasteiger partial charge in [0.2, 0.25) is 0 Å². The number of hydrogen-bond donors (Lipinski definition) is 2. The van der Waals surface area contributed by atoms with Crippen LogP contribution in [0.15, 0.2) is 71.8 Å². The third-order valence-electron chi connectivity index (χ3n) is 4.49. The molecule has 1 aromatic rings. The molecule has 36 heavy (non-hydrogen) atoms. The van der Waals surface area contributed by atoms with Crippen molar-refractivity contribution in [2.24, 2.45) is 4.99 Å². The number of carbonyl (C=O) groups is 2. The van der Waals surface area contributed by atoms with Gasteiger partial charge in [0.05, 0.1) is 31.0 Å². The minimum Gasteiger partial charge on any atom is -0.469 e. The van der Waals surface area contributed by atoms with Crippen LogP contribution < -0.4 is 5.32 Å². The second kappa shape index (κ2) is 16.0. The third-order valence-corrected chi connectivity index (χ3v) is 4.49. The van der Waals surface area contributed by atoms with Crippen molar-refractivity contribution in [3.8, 4) is 0 Å². The predicted molar refractivity (Wildman–Crippen MR) is 141 cm³/mol. The van der Waals surface area contributed by atoms with Gasteiger partial charge in [-0.3, -0.25) is 20.0 Å². The number of carbonyl (C=O) groups excluding carboxylic acids is 2. The molecule has 6 nitrogen and oxygen atoms in total. The van der Waals surface area contributed by atoms with Crippen molar-refractivity contribution in [1.82, 2.24) is 5.32 Å². The molecule has 0 radical (unpaired) electrons. The van der Waals surface area contributed by atoms with E-state index in [1.807, 2.05) is 13.8 Å². The summed E-state index contributed by atoms with van der Waals surface area (Å²) in [6, 6.07) is 4.65. The Morgan fingerprint density at radius 3 is 2.42 bits per heavy atom. The first-order valence-electron chi connectivity index (χ1n) is 11.3. The van der Waals surface area contributed by atoms with Crippen molar-refractivity contribution in [2.75, 3.05) is 7.11 Å². The van der Waals surface area contributed by atoms with Gasteiger partial charge in [-0.2, -0.15) is 8.78 Å². The summed E-state index contributed by atoms with van der Waals surface area (Å²) in [6.45, 7) is 11.5. The molecule has 1 aromatic carbocycles. The van der Waals surface area contributed by atoms with Gasteiger partial charge in [0.1, 0.15) is 11.5 Å². The van der Waals surface area contributed by atoms with Crippen LogP contribution in [-0.2, 0) is 14.3 Å². The predicted octanol–water partition coefficient (Wildman–Crippen LogP) is 6.31. The lowest BCUT2D eigenvalue weighted by Crippen LogP contribution is -2.42.